The van der Waals surface area contributed by atoms with Crippen molar-refractivity contribution in [3.8, 4) is 0 Å². The van der Waals surface area contributed by atoms with E-state index in [0.717, 1.165) is 11.1 Å². The molecule has 0 amide bonds. The first-order valence-corrected chi connectivity index (χ1v) is 8.38. The zero-order valence-corrected chi connectivity index (χ0v) is 14.1. The topological polar surface area (TPSA) is 43.8 Å². The first-order chi connectivity index (χ1) is 12.7. The maximum atomic E-state index is 15.1. The van der Waals surface area contributed by atoms with E-state index in [0.29, 0.717) is 11.3 Å². The summed E-state index contributed by atoms with van der Waals surface area (Å²) in [5, 5.41) is 0. The van der Waals surface area contributed by atoms with Crippen molar-refractivity contribution >= 4 is 5.69 Å². The van der Waals surface area contributed by atoms with Gasteiger partial charge in [0.2, 0.25) is 0 Å². The lowest BCUT2D eigenvalue weighted by molar-refractivity contribution is 0.478. The number of benzene rings is 3. The lowest BCUT2D eigenvalue weighted by Gasteiger charge is -2.37. The summed E-state index contributed by atoms with van der Waals surface area (Å²) in [4.78, 5) is 4.23. The largest absolute Gasteiger partial charge is 0.399 e. The van der Waals surface area contributed by atoms with Crippen molar-refractivity contribution in [2.75, 3.05) is 5.73 Å². The summed E-state index contributed by atoms with van der Waals surface area (Å²) in [5.41, 5.74) is 8.06. The zero-order chi connectivity index (χ0) is 18.0. The second kappa shape index (κ2) is 6.48. The minimum atomic E-state index is -0.892. The number of nitrogens with zero attached hydrogens (tertiary/aromatic N) is 2. The van der Waals surface area contributed by atoms with Crippen LogP contribution in [-0.2, 0) is 5.54 Å². The van der Waals surface area contributed by atoms with E-state index in [1.807, 2.05) is 77.5 Å². The van der Waals surface area contributed by atoms with Gasteiger partial charge in [-0.2, -0.15) is 0 Å². The number of hydrogen-bond acceptors (Lipinski definition) is 2. The standard InChI is InChI=1S/C22H18FN3/c23-21-9-5-4-8-20(21)22(26-15-14-25-16-26,17-6-2-1-3-7-17)18-10-12-19(24)13-11-18/h1-16H,24H2. The van der Waals surface area contributed by atoms with Crippen molar-refractivity contribution in [1.82, 2.24) is 9.55 Å². The molecule has 3 nitrogen and oxygen atoms in total. The van der Waals surface area contributed by atoms with Crippen LogP contribution >= 0.6 is 0 Å². The fourth-order valence-electron chi connectivity index (χ4n) is 3.53. The van der Waals surface area contributed by atoms with Crippen LogP contribution in [0.15, 0.2) is 97.6 Å². The predicted octanol–water partition coefficient (Wildman–Crippen LogP) is 4.44. The quantitative estimate of drug-likeness (QED) is 0.440. The van der Waals surface area contributed by atoms with Crippen LogP contribution < -0.4 is 5.73 Å². The van der Waals surface area contributed by atoms with E-state index in [1.54, 1.807) is 18.6 Å². The van der Waals surface area contributed by atoms with Gasteiger partial charge in [-0.3, -0.25) is 0 Å². The Hall–Kier alpha value is -3.40. The fourth-order valence-corrected chi connectivity index (χ4v) is 3.53. The summed E-state index contributed by atoms with van der Waals surface area (Å²) in [6.07, 6.45) is 5.28. The second-order valence-electron chi connectivity index (χ2n) is 6.15. The van der Waals surface area contributed by atoms with Gasteiger partial charge in [0.25, 0.3) is 0 Å². The Bertz CT molecular complexity index is 995. The summed E-state index contributed by atoms with van der Waals surface area (Å²) in [6.45, 7) is 0. The van der Waals surface area contributed by atoms with Crippen molar-refractivity contribution in [3.05, 3.63) is 120 Å². The Morgan fingerprint density at radius 3 is 2.12 bits per heavy atom. The highest BCUT2D eigenvalue weighted by Gasteiger charge is 2.40. The van der Waals surface area contributed by atoms with Crippen LogP contribution in [0.2, 0.25) is 0 Å². The highest BCUT2D eigenvalue weighted by molar-refractivity contribution is 5.53. The Labute approximate surface area is 151 Å². The van der Waals surface area contributed by atoms with Crippen molar-refractivity contribution in [2.45, 2.75) is 5.54 Å². The van der Waals surface area contributed by atoms with Crippen LogP contribution in [0.1, 0.15) is 16.7 Å². The third-order valence-corrected chi connectivity index (χ3v) is 4.68. The van der Waals surface area contributed by atoms with Crippen LogP contribution in [0, 0.1) is 5.82 Å². The van der Waals surface area contributed by atoms with E-state index in [-0.39, 0.29) is 5.82 Å². The summed E-state index contributed by atoms with van der Waals surface area (Å²) in [5.74, 6) is -0.276. The number of halogens is 1. The molecule has 0 spiro atoms. The van der Waals surface area contributed by atoms with E-state index >= 15 is 4.39 Å². The number of anilines is 1. The minimum Gasteiger partial charge on any atom is -0.399 e. The molecule has 0 aliphatic heterocycles. The second-order valence-corrected chi connectivity index (χ2v) is 6.15. The summed E-state index contributed by atoms with van der Waals surface area (Å²) < 4.78 is 17.0. The number of hydrogen-bond donors (Lipinski definition) is 1. The smallest absolute Gasteiger partial charge is 0.129 e. The molecule has 1 atom stereocenters. The molecule has 2 N–H and O–H groups in total. The molecule has 0 radical (unpaired) electrons. The van der Waals surface area contributed by atoms with Gasteiger partial charge in [0.05, 0.1) is 6.33 Å². The first-order valence-electron chi connectivity index (χ1n) is 8.38. The molecule has 0 fully saturated rings. The summed E-state index contributed by atoms with van der Waals surface area (Å²) in [7, 11) is 0. The SMILES string of the molecule is Nc1ccc(C(c2ccccc2)(c2ccccc2F)n2ccnc2)cc1. The van der Waals surface area contributed by atoms with Gasteiger partial charge in [-0.25, -0.2) is 9.37 Å². The monoisotopic (exact) mass is 343 g/mol. The third kappa shape index (κ3) is 2.47. The van der Waals surface area contributed by atoms with Gasteiger partial charge in [0.15, 0.2) is 0 Å². The molecule has 1 aromatic heterocycles. The van der Waals surface area contributed by atoms with Gasteiger partial charge in [-0.1, -0.05) is 60.7 Å². The molecular formula is C22H18FN3. The number of aromatic nitrogens is 2. The Kier molecular flexibility index (Phi) is 4.01. The molecule has 26 heavy (non-hydrogen) atoms. The van der Waals surface area contributed by atoms with Crippen LogP contribution in [0.5, 0.6) is 0 Å². The molecule has 1 heterocycles. The molecule has 0 aliphatic carbocycles. The molecule has 0 saturated carbocycles. The van der Waals surface area contributed by atoms with Crippen LogP contribution in [0.25, 0.3) is 0 Å². The maximum absolute atomic E-state index is 15.1. The molecule has 4 aromatic rings. The normalized spacial score (nSPS) is 13.3. The van der Waals surface area contributed by atoms with E-state index in [1.165, 1.54) is 6.07 Å². The number of nitrogens with two attached hydrogens (primary N) is 1. The van der Waals surface area contributed by atoms with Crippen molar-refractivity contribution < 1.29 is 4.39 Å². The highest BCUT2D eigenvalue weighted by Crippen LogP contribution is 2.41. The average molecular weight is 343 g/mol. The van der Waals surface area contributed by atoms with Gasteiger partial charge < -0.3 is 10.3 Å². The molecule has 0 bridgehead atoms. The fraction of sp³-hybridized carbons (Fsp3) is 0.0455. The molecule has 0 aliphatic rings. The third-order valence-electron chi connectivity index (χ3n) is 4.68. The number of rotatable bonds is 4. The van der Waals surface area contributed by atoms with Crippen molar-refractivity contribution in [1.29, 1.82) is 0 Å². The van der Waals surface area contributed by atoms with Crippen molar-refractivity contribution in [2.24, 2.45) is 0 Å². The molecule has 1 unspecified atom stereocenters. The van der Waals surface area contributed by atoms with Crippen molar-refractivity contribution in [3.63, 3.8) is 0 Å². The lowest BCUT2D eigenvalue weighted by atomic mass is 9.76. The Balaban J connectivity index is 2.14. The van der Waals surface area contributed by atoms with Gasteiger partial charge in [0.1, 0.15) is 11.4 Å². The first kappa shape index (κ1) is 16.1. The molecule has 128 valence electrons. The average Bonchev–Trinajstić information content (AvgIpc) is 3.21. The molecule has 4 heteroatoms. The molecule has 0 saturated heterocycles. The maximum Gasteiger partial charge on any atom is 0.129 e. The van der Waals surface area contributed by atoms with Gasteiger partial charge in [-0.15, -0.1) is 0 Å². The number of nitrogen functional groups attached to an aromatic ring is 1. The van der Waals surface area contributed by atoms with Gasteiger partial charge in [-0.05, 0) is 29.3 Å². The van der Waals surface area contributed by atoms with E-state index < -0.39 is 5.54 Å². The lowest BCUT2D eigenvalue weighted by Crippen LogP contribution is -2.37. The molecule has 3 aromatic carbocycles. The van der Waals surface area contributed by atoms with Crippen LogP contribution in [-0.4, -0.2) is 9.55 Å². The Morgan fingerprint density at radius 1 is 0.808 bits per heavy atom. The van der Waals surface area contributed by atoms with Crippen LogP contribution in [0.3, 0.4) is 0 Å². The Morgan fingerprint density at radius 2 is 1.46 bits per heavy atom. The van der Waals surface area contributed by atoms with E-state index in [4.69, 9.17) is 5.73 Å². The highest BCUT2D eigenvalue weighted by atomic mass is 19.1. The molecular weight excluding hydrogens is 325 g/mol. The molecule has 4 rings (SSSR count). The van der Waals surface area contributed by atoms with Crippen LogP contribution in [0.4, 0.5) is 10.1 Å². The number of imidazole rings is 1. The zero-order valence-electron chi connectivity index (χ0n) is 14.1. The van der Waals surface area contributed by atoms with E-state index in [9.17, 15) is 0 Å². The van der Waals surface area contributed by atoms with Gasteiger partial charge >= 0.3 is 0 Å². The van der Waals surface area contributed by atoms with E-state index in [2.05, 4.69) is 4.98 Å². The minimum absolute atomic E-state index is 0.276. The van der Waals surface area contributed by atoms with Gasteiger partial charge in [0, 0.05) is 23.6 Å². The predicted molar refractivity (Wildman–Crippen MR) is 101 cm³/mol. The summed E-state index contributed by atoms with van der Waals surface area (Å²) >= 11 is 0. The summed E-state index contributed by atoms with van der Waals surface area (Å²) in [6, 6.07) is 24.3.